The van der Waals surface area contributed by atoms with Gasteiger partial charge >= 0.3 is 0 Å². The zero-order chi connectivity index (χ0) is 33.0. The van der Waals surface area contributed by atoms with Gasteiger partial charge in [0.05, 0.1) is 16.7 Å². The number of aromatic nitrogens is 1. The Labute approximate surface area is 279 Å². The molecule has 2 heterocycles. The predicted molar refractivity (Wildman–Crippen MR) is 186 cm³/mol. The van der Waals surface area contributed by atoms with Crippen molar-refractivity contribution >= 4 is 6.29 Å². The molecule has 0 atom stereocenters. The number of aldehydes is 1. The Morgan fingerprint density at radius 1 is 0.667 bits per heavy atom. The topological polar surface area (TPSA) is 88.6 Å². The fourth-order valence-electron chi connectivity index (χ4n) is 6.86. The van der Waals surface area contributed by atoms with Gasteiger partial charge in [0.2, 0.25) is 5.66 Å². The normalized spacial score (nSPS) is 13.4. The van der Waals surface area contributed by atoms with Crippen LogP contribution >= 0.6 is 0 Å². The summed E-state index contributed by atoms with van der Waals surface area (Å²) in [6.45, 7) is 4.00. The highest BCUT2D eigenvalue weighted by Gasteiger charge is 2.60. The summed E-state index contributed by atoms with van der Waals surface area (Å²) in [5, 5.41) is 18.4. The van der Waals surface area contributed by atoms with E-state index in [9.17, 15) is 4.79 Å². The van der Waals surface area contributed by atoms with E-state index in [4.69, 9.17) is 15.0 Å². The number of rotatable bonds is 10. The van der Waals surface area contributed by atoms with Crippen molar-refractivity contribution in [3.8, 4) is 16.9 Å². The van der Waals surface area contributed by atoms with Crippen LogP contribution in [0.15, 0.2) is 166 Å². The van der Waals surface area contributed by atoms with Gasteiger partial charge in [-0.2, -0.15) is 0 Å². The molecule has 7 heteroatoms. The van der Waals surface area contributed by atoms with Crippen molar-refractivity contribution in [1.29, 1.82) is 0 Å². The van der Waals surface area contributed by atoms with Crippen LogP contribution in [-0.4, -0.2) is 11.3 Å². The highest BCUT2D eigenvalue weighted by molar-refractivity contribution is 5.81. The number of benzene rings is 5. The van der Waals surface area contributed by atoms with Gasteiger partial charge in [0, 0.05) is 17.3 Å². The highest BCUT2D eigenvalue weighted by Crippen LogP contribution is 2.58. The average molecular weight is 628 g/mol. The van der Waals surface area contributed by atoms with Gasteiger partial charge in [-0.1, -0.05) is 140 Å². The lowest BCUT2D eigenvalue weighted by molar-refractivity contribution is 0.111. The van der Waals surface area contributed by atoms with E-state index in [0.717, 1.165) is 50.9 Å². The van der Waals surface area contributed by atoms with Crippen LogP contribution < -0.4 is 4.74 Å². The molecule has 48 heavy (non-hydrogen) atoms. The lowest BCUT2D eigenvalue weighted by atomic mass is 9.59. The van der Waals surface area contributed by atoms with Crippen LogP contribution in [0.4, 0.5) is 0 Å². The number of carbonyl (C=O) groups is 1. The van der Waals surface area contributed by atoms with Crippen molar-refractivity contribution in [1.82, 2.24) is 4.98 Å². The first kappa shape index (κ1) is 30.6. The van der Waals surface area contributed by atoms with Crippen molar-refractivity contribution < 1.29 is 9.53 Å². The molecule has 1 aliphatic rings. The van der Waals surface area contributed by atoms with E-state index in [1.54, 1.807) is 6.07 Å². The van der Waals surface area contributed by atoms with Gasteiger partial charge in [-0.25, -0.2) is 0 Å². The quantitative estimate of drug-likeness (QED) is 0.112. The summed E-state index contributed by atoms with van der Waals surface area (Å²) in [6, 6.07) is 49.4. The van der Waals surface area contributed by atoms with Crippen molar-refractivity contribution in [3.05, 3.63) is 190 Å². The third-order valence-electron chi connectivity index (χ3n) is 8.98. The van der Waals surface area contributed by atoms with E-state index in [1.807, 2.05) is 92.7 Å². The number of hydrogen-bond acceptors (Lipinski definition) is 7. The molecular weight excluding hydrogens is 594 g/mol. The van der Waals surface area contributed by atoms with Gasteiger partial charge in [0.15, 0.2) is 6.29 Å². The Morgan fingerprint density at radius 3 is 1.73 bits per heavy atom. The molecule has 5 aromatic carbocycles. The molecule has 0 fully saturated rings. The van der Waals surface area contributed by atoms with Crippen LogP contribution in [0, 0.1) is 13.8 Å². The molecule has 0 amide bonds. The van der Waals surface area contributed by atoms with E-state index in [1.165, 1.54) is 0 Å². The number of aryl methyl sites for hydroxylation is 2. The first-order valence-electron chi connectivity index (χ1n) is 15.8. The molecule has 0 unspecified atom stereocenters. The second kappa shape index (κ2) is 13.0. The van der Waals surface area contributed by atoms with E-state index in [0.29, 0.717) is 23.6 Å². The molecule has 0 saturated heterocycles. The van der Waals surface area contributed by atoms with E-state index in [-0.39, 0.29) is 0 Å². The monoisotopic (exact) mass is 627 g/mol. The van der Waals surface area contributed by atoms with Gasteiger partial charge in [0.25, 0.3) is 0 Å². The minimum Gasteiger partial charge on any atom is -0.488 e. The maximum absolute atomic E-state index is 11.7. The van der Waals surface area contributed by atoms with Gasteiger partial charge in [-0.05, 0) is 57.7 Å². The Morgan fingerprint density at radius 2 is 1.19 bits per heavy atom. The van der Waals surface area contributed by atoms with Gasteiger partial charge < -0.3 is 4.74 Å². The minimum absolute atomic E-state index is 0.303. The smallest absolute Gasteiger partial charge is 0.238 e. The number of pyridine rings is 1. The Balaban J connectivity index is 1.37. The van der Waals surface area contributed by atoms with E-state index < -0.39 is 11.1 Å². The Hall–Kier alpha value is -6.08. The molecule has 0 aliphatic carbocycles. The molecule has 0 N–H and O–H groups in total. The molecule has 0 radical (unpaired) electrons. The van der Waals surface area contributed by atoms with Crippen LogP contribution in [0.3, 0.4) is 0 Å². The molecular formula is C41H33N5O2. The van der Waals surface area contributed by atoms with Crippen LogP contribution in [0.2, 0.25) is 0 Å². The number of carbonyl (C=O) groups excluding carboxylic acids is 1. The van der Waals surface area contributed by atoms with Crippen molar-refractivity contribution in [2.45, 2.75) is 31.5 Å². The molecule has 0 saturated carbocycles. The van der Waals surface area contributed by atoms with Gasteiger partial charge in [0.1, 0.15) is 12.4 Å². The zero-order valence-electron chi connectivity index (χ0n) is 26.7. The summed E-state index contributed by atoms with van der Waals surface area (Å²) in [4.78, 5) is 16.1. The van der Waals surface area contributed by atoms with Gasteiger partial charge in [-0.3, -0.25) is 9.78 Å². The molecule has 6 aromatic rings. The first-order chi connectivity index (χ1) is 23.6. The minimum atomic E-state index is -1.28. The summed E-state index contributed by atoms with van der Waals surface area (Å²) in [7, 11) is 0. The molecule has 7 rings (SSSR count). The molecule has 1 aromatic heterocycles. The summed E-state index contributed by atoms with van der Waals surface area (Å²) in [5.74, 6) is 0.530. The third kappa shape index (κ3) is 5.19. The summed E-state index contributed by atoms with van der Waals surface area (Å²) in [5.41, 5.74) is 6.53. The molecule has 0 bridgehead atoms. The molecule has 0 spiro atoms. The zero-order valence-corrected chi connectivity index (χ0v) is 26.7. The SMILES string of the molecule is Cc1cc(OCc2ccc(-c3ccccc3C3(C(c4ccccc4)(c4ccccc4)c4ccccc4)N=NN=N3)cc2)c(C=O)c(C)n1. The van der Waals surface area contributed by atoms with Crippen molar-refractivity contribution in [3.63, 3.8) is 0 Å². The van der Waals surface area contributed by atoms with E-state index >= 15 is 0 Å². The standard InChI is InChI=1S/C41H33N5O2/c1-29-26-39(37(27-47)30(2)42-29)48-28-31-22-24-32(25-23-31)36-20-12-13-21-38(36)41(43-45-46-44-41)40(33-14-6-3-7-15-33,34-16-8-4-9-17-34)35-18-10-5-11-19-35/h3-27H,28H2,1-2H3. The first-order valence-corrected chi connectivity index (χ1v) is 15.8. The van der Waals surface area contributed by atoms with Crippen LogP contribution in [-0.2, 0) is 17.7 Å². The highest BCUT2D eigenvalue weighted by atomic mass is 16.5. The Kier molecular flexibility index (Phi) is 8.26. The number of ether oxygens (including phenoxy) is 1. The van der Waals surface area contributed by atoms with Crippen molar-refractivity contribution in [2.75, 3.05) is 0 Å². The molecule has 7 nitrogen and oxygen atoms in total. The lowest BCUT2D eigenvalue weighted by Gasteiger charge is -2.45. The second-order valence-electron chi connectivity index (χ2n) is 11.8. The molecule has 1 aliphatic heterocycles. The number of hydrogen-bond donors (Lipinski definition) is 0. The fourth-order valence-corrected chi connectivity index (χ4v) is 6.86. The summed E-state index contributed by atoms with van der Waals surface area (Å²) >= 11 is 0. The maximum atomic E-state index is 11.7. The van der Waals surface area contributed by atoms with Crippen LogP contribution in [0.25, 0.3) is 11.1 Å². The lowest BCUT2D eigenvalue weighted by Crippen LogP contribution is -2.48. The second-order valence-corrected chi connectivity index (χ2v) is 11.8. The van der Waals surface area contributed by atoms with E-state index in [2.05, 4.69) is 76.1 Å². The third-order valence-corrected chi connectivity index (χ3v) is 8.98. The predicted octanol–water partition coefficient (Wildman–Crippen LogP) is 9.78. The van der Waals surface area contributed by atoms with Crippen molar-refractivity contribution in [2.24, 2.45) is 20.7 Å². The largest absolute Gasteiger partial charge is 0.488 e. The summed E-state index contributed by atoms with van der Waals surface area (Å²) < 4.78 is 6.11. The summed E-state index contributed by atoms with van der Waals surface area (Å²) in [6.07, 6.45) is 0.797. The fraction of sp³-hybridized carbons (Fsp3) is 0.122. The molecule has 234 valence electrons. The Bertz CT molecular complexity index is 2000. The van der Waals surface area contributed by atoms with Crippen LogP contribution in [0.1, 0.15) is 49.6 Å². The van der Waals surface area contributed by atoms with Gasteiger partial charge in [-0.15, -0.1) is 10.2 Å². The average Bonchev–Trinajstić information content (AvgIpc) is 3.64. The maximum Gasteiger partial charge on any atom is 0.238 e. The number of nitrogens with zero attached hydrogens (tertiary/aromatic N) is 5. The van der Waals surface area contributed by atoms with Crippen LogP contribution in [0.5, 0.6) is 5.75 Å².